The fraction of sp³-hybridized carbons (Fsp3) is 0. The van der Waals surface area contributed by atoms with Crippen molar-refractivity contribution in [2.24, 2.45) is 0 Å². The largest absolute Gasteiger partial charge is 1.00 e. The molecule has 0 saturated carbocycles. The Morgan fingerprint density at radius 1 is 1.50 bits per heavy atom. The molecular formula is C6H4LiN3. The minimum Gasteiger partial charge on any atom is -0.331 e. The van der Waals surface area contributed by atoms with Crippen LogP contribution >= 0.6 is 0 Å². The van der Waals surface area contributed by atoms with E-state index in [1.165, 1.54) is 6.33 Å². The van der Waals surface area contributed by atoms with E-state index in [9.17, 15) is 0 Å². The zero-order chi connectivity index (χ0) is 6.10. The standard InChI is InChI=1S/C6H4N3.Li/c1-2-4-9-6(3-1)7-5-8-9;/h1-3,5H;/q-1;+1. The van der Waals surface area contributed by atoms with Crippen LogP contribution in [0.3, 0.4) is 0 Å². The molecule has 0 unspecified atom stereocenters. The van der Waals surface area contributed by atoms with Crippen molar-refractivity contribution in [3.63, 3.8) is 0 Å². The van der Waals surface area contributed by atoms with Crippen LogP contribution in [0.5, 0.6) is 0 Å². The number of aromatic nitrogens is 3. The number of fused-ring (bicyclic) bond motifs is 1. The first-order chi connectivity index (χ1) is 4.47. The van der Waals surface area contributed by atoms with Crippen LogP contribution < -0.4 is 18.9 Å². The second-order valence-electron chi connectivity index (χ2n) is 1.68. The topological polar surface area (TPSA) is 30.2 Å². The predicted octanol–water partition coefficient (Wildman–Crippen LogP) is -2.47. The van der Waals surface area contributed by atoms with Crippen molar-refractivity contribution < 1.29 is 18.9 Å². The maximum Gasteiger partial charge on any atom is 1.00 e. The molecule has 0 aliphatic carbocycles. The molecule has 0 atom stereocenters. The van der Waals surface area contributed by atoms with Crippen LogP contribution in [0.4, 0.5) is 0 Å². The van der Waals surface area contributed by atoms with Gasteiger partial charge in [-0.1, -0.05) is 6.20 Å². The maximum absolute atomic E-state index is 3.94. The summed E-state index contributed by atoms with van der Waals surface area (Å²) < 4.78 is 1.60. The van der Waals surface area contributed by atoms with Crippen LogP contribution in [0, 0.1) is 6.20 Å². The van der Waals surface area contributed by atoms with Gasteiger partial charge in [-0.2, -0.15) is 17.2 Å². The molecule has 0 spiro atoms. The van der Waals surface area contributed by atoms with Crippen molar-refractivity contribution in [3.05, 3.63) is 30.7 Å². The Hall–Kier alpha value is -0.783. The van der Waals surface area contributed by atoms with E-state index in [-0.39, 0.29) is 18.9 Å². The monoisotopic (exact) mass is 125 g/mol. The molecule has 0 saturated heterocycles. The minimum atomic E-state index is 0. The molecule has 10 heavy (non-hydrogen) atoms. The van der Waals surface area contributed by atoms with Crippen LogP contribution in [0.15, 0.2) is 24.5 Å². The molecule has 2 rings (SSSR count). The molecule has 0 aliphatic rings. The van der Waals surface area contributed by atoms with Gasteiger partial charge in [-0.15, -0.1) is 6.07 Å². The summed E-state index contributed by atoms with van der Waals surface area (Å²) in [6, 6.07) is 5.55. The van der Waals surface area contributed by atoms with E-state index in [1.54, 1.807) is 10.6 Å². The first kappa shape index (κ1) is 7.33. The molecule has 4 heteroatoms. The quantitative estimate of drug-likeness (QED) is 0.288. The number of nitrogens with zero attached hydrogens (tertiary/aromatic N) is 3. The molecule has 0 bridgehead atoms. The van der Waals surface area contributed by atoms with Crippen LogP contribution in [0.1, 0.15) is 0 Å². The van der Waals surface area contributed by atoms with Crippen molar-refractivity contribution in [2.45, 2.75) is 0 Å². The fourth-order valence-electron chi connectivity index (χ4n) is 0.711. The molecule has 0 N–H and O–H groups in total. The van der Waals surface area contributed by atoms with Crippen LogP contribution in [-0.4, -0.2) is 14.6 Å². The van der Waals surface area contributed by atoms with E-state index < -0.39 is 0 Å². The summed E-state index contributed by atoms with van der Waals surface area (Å²) in [5.41, 5.74) is 0.831. The third kappa shape index (κ3) is 1.06. The van der Waals surface area contributed by atoms with Gasteiger partial charge in [0, 0.05) is 5.65 Å². The van der Waals surface area contributed by atoms with Crippen LogP contribution in [0.2, 0.25) is 0 Å². The van der Waals surface area contributed by atoms with Crippen LogP contribution in [-0.2, 0) is 0 Å². The Morgan fingerprint density at radius 2 is 2.40 bits per heavy atom. The molecule has 3 nitrogen and oxygen atoms in total. The third-order valence-electron chi connectivity index (χ3n) is 1.11. The van der Waals surface area contributed by atoms with E-state index >= 15 is 0 Å². The zero-order valence-corrected chi connectivity index (χ0v) is 5.65. The smallest absolute Gasteiger partial charge is 0.331 e. The first-order valence-electron chi connectivity index (χ1n) is 2.63. The summed E-state index contributed by atoms with van der Waals surface area (Å²) in [5, 5.41) is 3.87. The Labute approximate surface area is 70.3 Å². The van der Waals surface area contributed by atoms with E-state index in [1.807, 2.05) is 12.1 Å². The second-order valence-corrected chi connectivity index (χ2v) is 1.68. The molecular weight excluding hydrogens is 121 g/mol. The Kier molecular flexibility index (Phi) is 2.10. The van der Waals surface area contributed by atoms with Gasteiger partial charge in [0.05, 0.1) is 0 Å². The SMILES string of the molecule is [Li+].[c-]1cccc2ncnn12. The molecule has 2 aromatic rings. The van der Waals surface area contributed by atoms with Gasteiger partial charge in [-0.05, 0) is 0 Å². The summed E-state index contributed by atoms with van der Waals surface area (Å²) in [5.74, 6) is 0. The summed E-state index contributed by atoms with van der Waals surface area (Å²) in [7, 11) is 0. The molecule has 0 radical (unpaired) electrons. The molecule has 44 valence electrons. The van der Waals surface area contributed by atoms with Gasteiger partial charge in [0.15, 0.2) is 0 Å². The molecule has 2 heterocycles. The molecule has 0 aliphatic heterocycles. The third-order valence-corrected chi connectivity index (χ3v) is 1.11. The summed E-state index contributed by atoms with van der Waals surface area (Å²) in [4.78, 5) is 3.94. The van der Waals surface area contributed by atoms with Gasteiger partial charge in [0.2, 0.25) is 0 Å². The zero-order valence-electron chi connectivity index (χ0n) is 5.65. The van der Waals surface area contributed by atoms with Gasteiger partial charge in [-0.25, -0.2) is 0 Å². The van der Waals surface area contributed by atoms with E-state index in [2.05, 4.69) is 16.3 Å². The molecule has 0 amide bonds. The summed E-state index contributed by atoms with van der Waals surface area (Å²) >= 11 is 0. The second kappa shape index (κ2) is 2.87. The first-order valence-corrected chi connectivity index (χ1v) is 2.63. The van der Waals surface area contributed by atoms with Crippen molar-refractivity contribution in [1.82, 2.24) is 14.6 Å². The number of hydrogen-bond acceptors (Lipinski definition) is 2. The number of pyridine rings is 1. The van der Waals surface area contributed by atoms with E-state index in [0.717, 1.165) is 5.65 Å². The average molecular weight is 125 g/mol. The van der Waals surface area contributed by atoms with E-state index in [0.29, 0.717) is 0 Å². The fourth-order valence-corrected chi connectivity index (χ4v) is 0.711. The predicted molar refractivity (Wildman–Crippen MR) is 31.8 cm³/mol. The van der Waals surface area contributed by atoms with Crippen molar-refractivity contribution in [1.29, 1.82) is 0 Å². The number of hydrogen-bond donors (Lipinski definition) is 0. The van der Waals surface area contributed by atoms with Crippen molar-refractivity contribution >= 4 is 5.65 Å². The normalized spacial score (nSPS) is 9.20. The van der Waals surface area contributed by atoms with Gasteiger partial charge in [-0.3, -0.25) is 4.98 Å². The Bertz CT molecular complexity index is 287. The van der Waals surface area contributed by atoms with Crippen molar-refractivity contribution in [3.8, 4) is 0 Å². The van der Waals surface area contributed by atoms with Gasteiger partial charge < -0.3 is 4.52 Å². The average Bonchev–Trinajstić information content (AvgIpc) is 2.33. The summed E-state index contributed by atoms with van der Waals surface area (Å²) in [6.45, 7) is 0. The number of rotatable bonds is 0. The molecule has 0 aromatic carbocycles. The minimum absolute atomic E-state index is 0. The Morgan fingerprint density at radius 3 is 3.20 bits per heavy atom. The van der Waals surface area contributed by atoms with Gasteiger partial charge >= 0.3 is 18.9 Å². The van der Waals surface area contributed by atoms with E-state index in [4.69, 9.17) is 0 Å². The molecule has 2 aromatic heterocycles. The Balaban J connectivity index is 0.000000500. The van der Waals surface area contributed by atoms with Gasteiger partial charge in [0.25, 0.3) is 0 Å². The van der Waals surface area contributed by atoms with Crippen LogP contribution in [0.25, 0.3) is 5.65 Å². The summed E-state index contributed by atoms with van der Waals surface area (Å²) in [6.07, 6.45) is 4.38. The van der Waals surface area contributed by atoms with Crippen molar-refractivity contribution in [2.75, 3.05) is 0 Å². The molecule has 0 fully saturated rings. The van der Waals surface area contributed by atoms with Gasteiger partial charge in [0.1, 0.15) is 6.33 Å². The maximum atomic E-state index is 3.94.